The lowest BCUT2D eigenvalue weighted by Crippen LogP contribution is -2.30. The Kier molecular flexibility index (Phi) is 6.94. The van der Waals surface area contributed by atoms with E-state index in [1.807, 2.05) is 37.3 Å². The summed E-state index contributed by atoms with van der Waals surface area (Å²) in [6, 6.07) is 14.6. The lowest BCUT2D eigenvalue weighted by atomic mass is 9.92. The van der Waals surface area contributed by atoms with E-state index >= 15 is 0 Å². The normalized spacial score (nSPS) is 21.4. The molecular formula is C31H31FO7S. The number of rotatable bonds is 7. The Morgan fingerprint density at radius 3 is 2.60 bits per heavy atom. The van der Waals surface area contributed by atoms with Gasteiger partial charge in [0, 0.05) is 24.0 Å². The fourth-order valence-electron chi connectivity index (χ4n) is 5.79. The Morgan fingerprint density at radius 2 is 1.88 bits per heavy atom. The Bertz CT molecular complexity index is 1570. The standard InChI is InChI=1S/C31H31FO7S/c1-18-12-23(39-21-7-10-40(35,36)11-8-21)14-20-6-9-37-29-5-2-19(13-27(29)30(18)20)17-38-22-3-4-24(28(32)15-22)25-16-26(25)31(33)34/h2-5,12-15,21,25-26H,6-11,16-17H2,1H3,(H,33,34)/t25-,26+/m1/s1. The minimum Gasteiger partial charge on any atom is -0.493 e. The maximum Gasteiger partial charge on any atom is 0.307 e. The van der Waals surface area contributed by atoms with Crippen LogP contribution in [-0.2, 0) is 27.7 Å². The van der Waals surface area contributed by atoms with Crippen LogP contribution in [0.5, 0.6) is 17.2 Å². The smallest absolute Gasteiger partial charge is 0.307 e. The van der Waals surface area contributed by atoms with Gasteiger partial charge in [0.05, 0.1) is 24.0 Å². The van der Waals surface area contributed by atoms with Crippen LogP contribution in [0.1, 0.15) is 47.4 Å². The topological polar surface area (TPSA) is 99.1 Å². The van der Waals surface area contributed by atoms with E-state index in [1.54, 1.807) is 12.1 Å². The minimum absolute atomic E-state index is 0.110. The zero-order valence-corrected chi connectivity index (χ0v) is 23.0. The van der Waals surface area contributed by atoms with Crippen molar-refractivity contribution < 1.29 is 36.9 Å². The summed E-state index contributed by atoms with van der Waals surface area (Å²) < 4.78 is 56.4. The molecule has 3 aliphatic rings. The molecule has 2 heterocycles. The van der Waals surface area contributed by atoms with Crippen LogP contribution in [0.15, 0.2) is 48.5 Å². The molecule has 40 heavy (non-hydrogen) atoms. The van der Waals surface area contributed by atoms with E-state index < -0.39 is 27.5 Å². The van der Waals surface area contributed by atoms with Crippen LogP contribution in [0.25, 0.3) is 11.1 Å². The molecule has 1 N–H and O–H groups in total. The van der Waals surface area contributed by atoms with Gasteiger partial charge in [0.1, 0.15) is 35.8 Å². The van der Waals surface area contributed by atoms with Crippen molar-refractivity contribution in [3.8, 4) is 28.4 Å². The first-order valence-electron chi connectivity index (χ1n) is 13.6. The number of aryl methyl sites for hydroxylation is 1. The van der Waals surface area contributed by atoms with Crippen LogP contribution in [0.4, 0.5) is 4.39 Å². The number of carbonyl (C=O) groups is 1. The van der Waals surface area contributed by atoms with Crippen LogP contribution >= 0.6 is 0 Å². The number of fused-ring (bicyclic) bond motifs is 3. The van der Waals surface area contributed by atoms with Gasteiger partial charge < -0.3 is 19.3 Å². The molecule has 1 saturated carbocycles. The molecule has 2 aliphatic heterocycles. The van der Waals surface area contributed by atoms with Gasteiger partial charge in [0.25, 0.3) is 0 Å². The molecule has 210 valence electrons. The summed E-state index contributed by atoms with van der Waals surface area (Å²) in [4.78, 5) is 11.1. The van der Waals surface area contributed by atoms with Gasteiger partial charge in [-0.15, -0.1) is 0 Å². The summed E-state index contributed by atoms with van der Waals surface area (Å²) >= 11 is 0. The van der Waals surface area contributed by atoms with Crippen molar-refractivity contribution >= 4 is 15.8 Å². The zero-order chi connectivity index (χ0) is 28.0. The molecule has 3 aromatic rings. The van der Waals surface area contributed by atoms with Gasteiger partial charge in [-0.1, -0.05) is 12.1 Å². The lowest BCUT2D eigenvalue weighted by molar-refractivity contribution is -0.138. The summed E-state index contributed by atoms with van der Waals surface area (Å²) in [5.74, 6) is 0.116. The predicted molar refractivity (Wildman–Crippen MR) is 147 cm³/mol. The second-order valence-electron chi connectivity index (χ2n) is 10.9. The summed E-state index contributed by atoms with van der Waals surface area (Å²) in [5.41, 5.74) is 5.50. The van der Waals surface area contributed by atoms with E-state index in [-0.39, 0.29) is 30.1 Å². The molecule has 6 rings (SSSR count). The first kappa shape index (κ1) is 26.6. The third-order valence-electron chi connectivity index (χ3n) is 8.02. The molecule has 7 nitrogen and oxygen atoms in total. The molecule has 0 aromatic heterocycles. The second kappa shape index (κ2) is 10.4. The SMILES string of the molecule is Cc1cc(OC2CCS(=O)(=O)CC2)cc2c1-c1cc(COc3ccc([C@H]4C[C@@H]4C(=O)O)c(F)c3)ccc1OCC2. The van der Waals surface area contributed by atoms with E-state index in [0.29, 0.717) is 43.6 Å². The van der Waals surface area contributed by atoms with Gasteiger partial charge >= 0.3 is 5.97 Å². The van der Waals surface area contributed by atoms with Crippen molar-refractivity contribution in [1.29, 1.82) is 0 Å². The summed E-state index contributed by atoms with van der Waals surface area (Å²) in [6.07, 6.45) is 2.07. The number of ether oxygens (including phenoxy) is 3. The fourth-order valence-corrected chi connectivity index (χ4v) is 7.24. The number of benzene rings is 3. The summed E-state index contributed by atoms with van der Waals surface area (Å²) in [7, 11) is -2.95. The molecule has 0 spiro atoms. The van der Waals surface area contributed by atoms with E-state index in [2.05, 4.69) is 0 Å². The van der Waals surface area contributed by atoms with Gasteiger partial charge in [-0.25, -0.2) is 12.8 Å². The highest BCUT2D eigenvalue weighted by Crippen LogP contribution is 2.48. The molecule has 0 amide bonds. The number of sulfone groups is 1. The van der Waals surface area contributed by atoms with E-state index in [1.165, 1.54) is 6.07 Å². The van der Waals surface area contributed by atoms with Crippen LogP contribution in [0.2, 0.25) is 0 Å². The van der Waals surface area contributed by atoms with Crippen LogP contribution in [0, 0.1) is 18.7 Å². The molecule has 0 bridgehead atoms. The Balaban J connectivity index is 1.19. The molecule has 3 aromatic carbocycles. The maximum atomic E-state index is 14.7. The van der Waals surface area contributed by atoms with Crippen molar-refractivity contribution in [1.82, 2.24) is 0 Å². The first-order valence-corrected chi connectivity index (χ1v) is 15.4. The van der Waals surface area contributed by atoms with Crippen molar-refractivity contribution in [3.05, 3.63) is 76.6 Å². The predicted octanol–water partition coefficient (Wildman–Crippen LogP) is 5.46. The molecule has 9 heteroatoms. The van der Waals surface area contributed by atoms with Gasteiger partial charge in [-0.3, -0.25) is 4.79 Å². The molecule has 1 aliphatic carbocycles. The lowest BCUT2D eigenvalue weighted by Gasteiger charge is -2.24. The van der Waals surface area contributed by atoms with Gasteiger partial charge in [-0.05, 0) is 84.3 Å². The first-order chi connectivity index (χ1) is 19.2. The average Bonchev–Trinajstić information content (AvgIpc) is 3.72. The molecular weight excluding hydrogens is 535 g/mol. The highest BCUT2D eigenvalue weighted by molar-refractivity contribution is 7.91. The van der Waals surface area contributed by atoms with E-state index in [9.17, 15) is 17.6 Å². The van der Waals surface area contributed by atoms with E-state index in [0.717, 1.165) is 39.3 Å². The van der Waals surface area contributed by atoms with Gasteiger partial charge in [0.15, 0.2) is 9.84 Å². The largest absolute Gasteiger partial charge is 0.493 e. The average molecular weight is 567 g/mol. The van der Waals surface area contributed by atoms with Crippen LogP contribution in [-0.4, -0.2) is 43.7 Å². The molecule has 1 saturated heterocycles. The number of halogens is 1. The quantitative estimate of drug-likeness (QED) is 0.406. The van der Waals surface area contributed by atoms with E-state index in [4.69, 9.17) is 19.3 Å². The highest BCUT2D eigenvalue weighted by atomic mass is 32.2. The second-order valence-corrected chi connectivity index (χ2v) is 13.2. The Labute approximate surface area is 232 Å². The number of hydrogen-bond donors (Lipinski definition) is 1. The Hall–Kier alpha value is -3.59. The number of carboxylic acid groups (broad SMARTS) is 1. The van der Waals surface area contributed by atoms with Crippen molar-refractivity contribution in [2.24, 2.45) is 5.92 Å². The molecule has 2 atom stereocenters. The van der Waals surface area contributed by atoms with Crippen molar-refractivity contribution in [2.75, 3.05) is 18.1 Å². The van der Waals surface area contributed by atoms with Crippen LogP contribution in [0.3, 0.4) is 0 Å². The van der Waals surface area contributed by atoms with Crippen molar-refractivity contribution in [3.63, 3.8) is 0 Å². The summed E-state index contributed by atoms with van der Waals surface area (Å²) in [6.45, 7) is 2.79. The van der Waals surface area contributed by atoms with Crippen molar-refractivity contribution in [2.45, 2.75) is 51.2 Å². The number of aliphatic carboxylic acids is 1. The molecule has 0 radical (unpaired) electrons. The molecule has 2 fully saturated rings. The monoisotopic (exact) mass is 566 g/mol. The highest BCUT2D eigenvalue weighted by Gasteiger charge is 2.45. The molecule has 0 unspecified atom stereocenters. The van der Waals surface area contributed by atoms with Gasteiger partial charge in [0.2, 0.25) is 0 Å². The van der Waals surface area contributed by atoms with Gasteiger partial charge in [-0.2, -0.15) is 0 Å². The fraction of sp³-hybridized carbons (Fsp3) is 0.387. The Morgan fingerprint density at radius 1 is 1.07 bits per heavy atom. The third-order valence-corrected chi connectivity index (χ3v) is 9.74. The zero-order valence-electron chi connectivity index (χ0n) is 22.2. The van der Waals surface area contributed by atoms with Crippen LogP contribution < -0.4 is 14.2 Å². The maximum absolute atomic E-state index is 14.7. The summed E-state index contributed by atoms with van der Waals surface area (Å²) in [5, 5.41) is 9.14. The number of carboxylic acids is 1. The number of hydrogen-bond acceptors (Lipinski definition) is 6. The minimum atomic E-state index is -2.95. The third kappa shape index (κ3) is 5.52.